The Morgan fingerprint density at radius 3 is 2.71 bits per heavy atom. The first-order valence-corrected chi connectivity index (χ1v) is 8.59. The fourth-order valence-corrected chi connectivity index (χ4v) is 3.30. The van der Waals surface area contributed by atoms with E-state index >= 15 is 0 Å². The van der Waals surface area contributed by atoms with E-state index in [1.54, 1.807) is 4.90 Å². The van der Waals surface area contributed by atoms with E-state index in [1.165, 1.54) is 6.07 Å². The maximum Gasteiger partial charge on any atom is 0.277 e. The largest absolute Gasteiger partial charge is 0.338 e. The summed E-state index contributed by atoms with van der Waals surface area (Å²) in [5.74, 6) is -4.48. The van der Waals surface area contributed by atoms with E-state index in [2.05, 4.69) is 15.3 Å². The molecule has 1 aliphatic heterocycles. The first-order valence-electron chi connectivity index (χ1n) is 8.59. The number of anilines is 3. The summed E-state index contributed by atoms with van der Waals surface area (Å²) in [5, 5.41) is 2.55. The van der Waals surface area contributed by atoms with Gasteiger partial charge in [-0.15, -0.1) is 0 Å². The molecular formula is C20H15F3N4O. The van der Waals surface area contributed by atoms with Gasteiger partial charge in [0.15, 0.2) is 17.5 Å². The third-order valence-electron chi connectivity index (χ3n) is 4.61. The van der Waals surface area contributed by atoms with E-state index in [-0.39, 0.29) is 29.1 Å². The molecule has 1 unspecified atom stereocenters. The van der Waals surface area contributed by atoms with Crippen LogP contribution in [0.1, 0.15) is 23.0 Å². The zero-order chi connectivity index (χ0) is 19.8. The van der Waals surface area contributed by atoms with Gasteiger partial charge < -0.3 is 10.2 Å². The fraction of sp³-hybridized carbons (Fsp3) is 0.150. The summed E-state index contributed by atoms with van der Waals surface area (Å²) in [6.07, 6.45) is 1.89. The van der Waals surface area contributed by atoms with Crippen LogP contribution in [0.2, 0.25) is 0 Å². The number of amides is 1. The Bertz CT molecular complexity index is 1070. The number of carbonyl (C=O) groups is 1. The van der Waals surface area contributed by atoms with Gasteiger partial charge in [0.1, 0.15) is 17.8 Å². The van der Waals surface area contributed by atoms with Crippen molar-refractivity contribution in [1.82, 2.24) is 9.97 Å². The van der Waals surface area contributed by atoms with Crippen LogP contribution in [0.25, 0.3) is 0 Å². The first kappa shape index (κ1) is 18.0. The lowest BCUT2D eigenvalue weighted by atomic mass is 10.1. The summed E-state index contributed by atoms with van der Waals surface area (Å²) >= 11 is 0. The minimum atomic E-state index is -1.59. The van der Waals surface area contributed by atoms with Crippen LogP contribution in [0.5, 0.6) is 0 Å². The Hall–Kier alpha value is -3.42. The number of aromatic nitrogens is 2. The van der Waals surface area contributed by atoms with Crippen molar-refractivity contribution in [2.75, 3.05) is 10.2 Å². The number of hydrogen-bond acceptors (Lipinski definition) is 4. The summed E-state index contributed by atoms with van der Waals surface area (Å²) in [7, 11) is 0. The molecule has 142 valence electrons. The van der Waals surface area contributed by atoms with Crippen molar-refractivity contribution in [2.24, 2.45) is 0 Å². The van der Waals surface area contributed by atoms with Crippen LogP contribution in [0.4, 0.5) is 30.4 Å². The Morgan fingerprint density at radius 1 is 1.11 bits per heavy atom. The lowest BCUT2D eigenvalue weighted by molar-refractivity contribution is 0.0976. The average Bonchev–Trinajstić information content (AvgIpc) is 3.04. The SMILES string of the molecule is CC1Cc2ccccc2N1C(=O)c1cc(Nc2ccc(F)c(F)c2F)ncn1. The molecule has 0 aliphatic carbocycles. The molecule has 0 bridgehead atoms. The molecule has 8 heteroatoms. The van der Waals surface area contributed by atoms with Gasteiger partial charge in [-0.05, 0) is 37.1 Å². The second kappa shape index (κ2) is 6.95. The molecule has 1 atom stereocenters. The Morgan fingerprint density at radius 2 is 1.89 bits per heavy atom. The number of para-hydroxylation sites is 1. The molecule has 28 heavy (non-hydrogen) atoms. The van der Waals surface area contributed by atoms with Gasteiger partial charge in [-0.1, -0.05) is 18.2 Å². The highest BCUT2D eigenvalue weighted by atomic mass is 19.2. The number of nitrogens with one attached hydrogen (secondary N) is 1. The lowest BCUT2D eigenvalue weighted by Gasteiger charge is -2.22. The van der Waals surface area contributed by atoms with Gasteiger partial charge in [0, 0.05) is 17.8 Å². The van der Waals surface area contributed by atoms with Crippen LogP contribution in [-0.4, -0.2) is 21.9 Å². The zero-order valence-corrected chi connectivity index (χ0v) is 14.8. The van der Waals surface area contributed by atoms with Gasteiger partial charge in [-0.3, -0.25) is 4.79 Å². The highest BCUT2D eigenvalue weighted by molar-refractivity contribution is 6.06. The molecular weight excluding hydrogens is 369 g/mol. The Labute approximate surface area is 158 Å². The van der Waals surface area contributed by atoms with Crippen molar-refractivity contribution >= 4 is 23.1 Å². The monoisotopic (exact) mass is 384 g/mol. The molecule has 2 heterocycles. The summed E-state index contributed by atoms with van der Waals surface area (Å²) in [6.45, 7) is 1.94. The van der Waals surface area contributed by atoms with Gasteiger partial charge in [0.2, 0.25) is 0 Å². The fourth-order valence-electron chi connectivity index (χ4n) is 3.30. The van der Waals surface area contributed by atoms with Gasteiger partial charge >= 0.3 is 0 Å². The number of fused-ring (bicyclic) bond motifs is 1. The second-order valence-corrected chi connectivity index (χ2v) is 6.49. The van der Waals surface area contributed by atoms with E-state index < -0.39 is 17.5 Å². The van der Waals surface area contributed by atoms with Crippen molar-refractivity contribution in [3.05, 3.63) is 77.5 Å². The molecule has 5 nitrogen and oxygen atoms in total. The highest BCUT2D eigenvalue weighted by Crippen LogP contribution is 2.33. The van der Waals surface area contributed by atoms with E-state index in [1.807, 2.05) is 31.2 Å². The normalized spacial score (nSPS) is 15.4. The Balaban J connectivity index is 1.63. The van der Waals surface area contributed by atoms with E-state index in [0.29, 0.717) is 0 Å². The molecule has 3 aromatic rings. The average molecular weight is 384 g/mol. The summed E-state index contributed by atoms with van der Waals surface area (Å²) in [5.41, 5.74) is 1.69. The second-order valence-electron chi connectivity index (χ2n) is 6.49. The molecule has 1 N–H and O–H groups in total. The third-order valence-corrected chi connectivity index (χ3v) is 4.61. The van der Waals surface area contributed by atoms with Crippen molar-refractivity contribution in [1.29, 1.82) is 0 Å². The summed E-state index contributed by atoms with van der Waals surface area (Å²) in [4.78, 5) is 22.6. The summed E-state index contributed by atoms with van der Waals surface area (Å²) < 4.78 is 40.4. The van der Waals surface area contributed by atoms with Crippen LogP contribution in [0.15, 0.2) is 48.8 Å². The number of carbonyl (C=O) groups excluding carboxylic acids is 1. The van der Waals surface area contributed by atoms with E-state index in [9.17, 15) is 18.0 Å². The van der Waals surface area contributed by atoms with Crippen LogP contribution < -0.4 is 10.2 Å². The molecule has 4 rings (SSSR count). The first-order chi connectivity index (χ1) is 13.5. The lowest BCUT2D eigenvalue weighted by Crippen LogP contribution is -2.36. The number of rotatable bonds is 3. The molecule has 0 spiro atoms. The highest BCUT2D eigenvalue weighted by Gasteiger charge is 2.32. The van der Waals surface area contributed by atoms with Crippen molar-refractivity contribution in [3.8, 4) is 0 Å². The maximum atomic E-state index is 13.9. The molecule has 0 radical (unpaired) electrons. The van der Waals surface area contributed by atoms with Gasteiger partial charge in [-0.25, -0.2) is 23.1 Å². The number of benzene rings is 2. The number of hydrogen-bond donors (Lipinski definition) is 1. The third kappa shape index (κ3) is 3.06. The molecule has 0 saturated heterocycles. The van der Waals surface area contributed by atoms with Gasteiger partial charge in [0.05, 0.1) is 5.69 Å². The van der Waals surface area contributed by atoms with Crippen LogP contribution in [0.3, 0.4) is 0 Å². The molecule has 1 aliphatic rings. The standard InChI is InChI=1S/C20H15F3N4O/c1-11-8-12-4-2-3-5-16(12)27(11)20(28)15-9-17(25-10-24-15)26-14-7-6-13(21)18(22)19(14)23/h2-7,9-11H,8H2,1H3,(H,24,25,26). The van der Waals surface area contributed by atoms with Crippen molar-refractivity contribution in [2.45, 2.75) is 19.4 Å². The van der Waals surface area contributed by atoms with Crippen LogP contribution in [0, 0.1) is 17.5 Å². The quantitative estimate of drug-likeness (QED) is 0.687. The predicted molar refractivity (Wildman–Crippen MR) is 98.0 cm³/mol. The van der Waals surface area contributed by atoms with Crippen LogP contribution in [-0.2, 0) is 6.42 Å². The molecule has 0 fully saturated rings. The van der Waals surface area contributed by atoms with Crippen LogP contribution >= 0.6 is 0 Å². The Kier molecular flexibility index (Phi) is 4.46. The number of halogens is 3. The van der Waals surface area contributed by atoms with Gasteiger partial charge in [-0.2, -0.15) is 0 Å². The maximum absolute atomic E-state index is 13.9. The minimum absolute atomic E-state index is 0.0417. The molecule has 2 aromatic carbocycles. The van der Waals surface area contributed by atoms with E-state index in [0.717, 1.165) is 36.1 Å². The predicted octanol–water partition coefficient (Wildman–Crippen LogP) is 4.23. The van der Waals surface area contributed by atoms with Gasteiger partial charge in [0.25, 0.3) is 5.91 Å². The zero-order valence-electron chi connectivity index (χ0n) is 14.8. The summed E-state index contributed by atoms with van der Waals surface area (Å²) in [6, 6.07) is 10.8. The molecule has 0 saturated carbocycles. The van der Waals surface area contributed by atoms with E-state index in [4.69, 9.17) is 0 Å². The topological polar surface area (TPSA) is 58.1 Å². The van der Waals surface area contributed by atoms with Crippen molar-refractivity contribution < 1.29 is 18.0 Å². The smallest absolute Gasteiger partial charge is 0.277 e. The molecule has 1 aromatic heterocycles. The van der Waals surface area contributed by atoms with Crippen molar-refractivity contribution in [3.63, 3.8) is 0 Å². The number of nitrogens with zero attached hydrogens (tertiary/aromatic N) is 3. The molecule has 1 amide bonds. The minimum Gasteiger partial charge on any atom is -0.338 e.